The van der Waals surface area contributed by atoms with Gasteiger partial charge < -0.3 is 4.90 Å². The van der Waals surface area contributed by atoms with Crippen LogP contribution in [0.4, 0.5) is 0 Å². The Kier molecular flexibility index (Phi) is 3.94. The van der Waals surface area contributed by atoms with E-state index in [2.05, 4.69) is 12.6 Å². The van der Waals surface area contributed by atoms with E-state index in [-0.39, 0.29) is 11.3 Å². The normalized spacial score (nSPS) is 24.0. The van der Waals surface area contributed by atoms with Crippen LogP contribution < -0.4 is 0 Å². The van der Waals surface area contributed by atoms with Gasteiger partial charge in [-0.05, 0) is 24.0 Å². The van der Waals surface area contributed by atoms with E-state index in [9.17, 15) is 13.2 Å². The fraction of sp³-hybridized carbons (Fsp3) is 0.909. The molecule has 1 saturated heterocycles. The van der Waals surface area contributed by atoms with Gasteiger partial charge in [0.1, 0.15) is 0 Å². The van der Waals surface area contributed by atoms with Crippen LogP contribution in [0.15, 0.2) is 0 Å². The summed E-state index contributed by atoms with van der Waals surface area (Å²) >= 11 is 4.30. The zero-order valence-electron chi connectivity index (χ0n) is 10.6. The first-order valence-electron chi connectivity index (χ1n) is 6.20. The van der Waals surface area contributed by atoms with Crippen LogP contribution in [0.2, 0.25) is 0 Å². The van der Waals surface area contributed by atoms with Gasteiger partial charge in [-0.2, -0.15) is 16.9 Å². The Labute approximate surface area is 114 Å². The molecule has 0 N–H and O–H groups in total. The smallest absolute Gasteiger partial charge is 0.223 e. The van der Waals surface area contributed by atoms with E-state index in [1.807, 2.05) is 0 Å². The molecule has 1 amide bonds. The first kappa shape index (κ1) is 14.1. The van der Waals surface area contributed by atoms with Crippen LogP contribution in [0.3, 0.4) is 0 Å². The van der Waals surface area contributed by atoms with Gasteiger partial charge in [0.2, 0.25) is 15.9 Å². The molecule has 18 heavy (non-hydrogen) atoms. The summed E-state index contributed by atoms with van der Waals surface area (Å²) in [7, 11) is -3.12. The van der Waals surface area contributed by atoms with Crippen LogP contribution in [0, 0.1) is 5.41 Å². The first-order chi connectivity index (χ1) is 8.36. The lowest BCUT2D eigenvalue weighted by Crippen LogP contribution is -2.50. The second-order valence-corrected chi connectivity index (χ2v) is 7.68. The number of amides is 1. The molecule has 0 spiro atoms. The minimum Gasteiger partial charge on any atom is -0.340 e. The maximum Gasteiger partial charge on any atom is 0.223 e. The highest BCUT2D eigenvalue weighted by atomic mass is 32.2. The van der Waals surface area contributed by atoms with Crippen LogP contribution in [0.1, 0.15) is 19.3 Å². The van der Waals surface area contributed by atoms with Gasteiger partial charge in [-0.1, -0.05) is 0 Å². The summed E-state index contributed by atoms with van der Waals surface area (Å²) in [6.07, 6.45) is 3.96. The average Bonchev–Trinajstić information content (AvgIpc) is 3.08. The quantitative estimate of drug-likeness (QED) is 0.753. The molecule has 2 fully saturated rings. The van der Waals surface area contributed by atoms with Gasteiger partial charge in [0.15, 0.2) is 0 Å². The van der Waals surface area contributed by atoms with Crippen molar-refractivity contribution < 1.29 is 13.2 Å². The second kappa shape index (κ2) is 5.02. The van der Waals surface area contributed by atoms with Gasteiger partial charge in [0.05, 0.1) is 6.26 Å². The summed E-state index contributed by atoms with van der Waals surface area (Å²) in [4.78, 5) is 13.9. The molecule has 0 aromatic carbocycles. The number of carbonyl (C=O) groups excluding carboxylic acids is 1. The molecule has 2 aliphatic rings. The maximum atomic E-state index is 12.1. The topological polar surface area (TPSA) is 57.7 Å². The predicted octanol–water partition coefficient (Wildman–Crippen LogP) is 0.190. The largest absolute Gasteiger partial charge is 0.340 e. The summed E-state index contributed by atoms with van der Waals surface area (Å²) in [6, 6.07) is 0. The van der Waals surface area contributed by atoms with Crippen LogP contribution in [0.25, 0.3) is 0 Å². The van der Waals surface area contributed by atoms with Crippen molar-refractivity contribution in [1.29, 1.82) is 0 Å². The van der Waals surface area contributed by atoms with E-state index in [1.54, 1.807) is 4.90 Å². The fourth-order valence-electron chi connectivity index (χ4n) is 2.27. The maximum absolute atomic E-state index is 12.1. The molecular formula is C11H20N2O3S2. The zero-order valence-corrected chi connectivity index (χ0v) is 12.3. The Bertz CT molecular complexity index is 424. The van der Waals surface area contributed by atoms with Gasteiger partial charge in [-0.25, -0.2) is 8.42 Å². The van der Waals surface area contributed by atoms with Crippen LogP contribution in [-0.4, -0.2) is 61.7 Å². The van der Waals surface area contributed by atoms with Crippen LogP contribution >= 0.6 is 12.6 Å². The minimum absolute atomic E-state index is 0.133. The highest BCUT2D eigenvalue weighted by Gasteiger charge is 2.44. The summed E-state index contributed by atoms with van der Waals surface area (Å²) < 4.78 is 24.2. The molecule has 5 nitrogen and oxygen atoms in total. The van der Waals surface area contributed by atoms with Crippen molar-refractivity contribution in [2.45, 2.75) is 19.3 Å². The third kappa shape index (κ3) is 3.19. The minimum atomic E-state index is -3.12. The number of hydrogen-bond donors (Lipinski definition) is 1. The number of thiol groups is 1. The summed E-state index contributed by atoms with van der Waals surface area (Å²) in [6.45, 7) is 1.85. The van der Waals surface area contributed by atoms with Gasteiger partial charge in [0.25, 0.3) is 0 Å². The molecule has 1 aliphatic heterocycles. The molecule has 1 saturated carbocycles. The average molecular weight is 292 g/mol. The Morgan fingerprint density at radius 2 is 1.78 bits per heavy atom. The number of sulfonamides is 1. The van der Waals surface area contributed by atoms with Gasteiger partial charge in [-0.3, -0.25) is 4.79 Å². The molecule has 2 rings (SSSR count). The van der Waals surface area contributed by atoms with Crippen LogP contribution in [0.5, 0.6) is 0 Å². The van der Waals surface area contributed by atoms with Crippen molar-refractivity contribution in [2.24, 2.45) is 5.41 Å². The highest BCUT2D eigenvalue weighted by molar-refractivity contribution is 7.88. The van der Waals surface area contributed by atoms with Gasteiger partial charge in [-0.15, -0.1) is 0 Å². The Morgan fingerprint density at radius 1 is 1.22 bits per heavy atom. The fourth-order valence-corrected chi connectivity index (χ4v) is 3.52. The van der Waals surface area contributed by atoms with E-state index >= 15 is 0 Å². The molecule has 1 aliphatic carbocycles. The summed E-state index contributed by atoms with van der Waals surface area (Å²) in [5.74, 6) is 0.914. The standard InChI is InChI=1S/C11H20N2O3S2/c1-18(15,16)13-6-4-12(5-7-13)10(14)8-11(9-17)2-3-11/h17H,2-9H2,1H3. The lowest BCUT2D eigenvalue weighted by atomic mass is 10.0. The van der Waals surface area contributed by atoms with E-state index in [0.717, 1.165) is 18.6 Å². The lowest BCUT2D eigenvalue weighted by molar-refractivity contribution is -0.133. The second-order valence-electron chi connectivity index (χ2n) is 5.38. The third-order valence-corrected chi connectivity index (χ3v) is 5.85. The molecule has 0 aromatic rings. The molecule has 1 heterocycles. The summed E-state index contributed by atoms with van der Waals surface area (Å²) in [5.41, 5.74) is 0.133. The van der Waals surface area contributed by atoms with Crippen molar-refractivity contribution in [3.8, 4) is 0 Å². The number of piperazine rings is 1. The van der Waals surface area contributed by atoms with Crippen molar-refractivity contribution in [1.82, 2.24) is 9.21 Å². The molecule has 104 valence electrons. The van der Waals surface area contributed by atoms with Crippen molar-refractivity contribution in [2.75, 3.05) is 38.2 Å². The lowest BCUT2D eigenvalue weighted by Gasteiger charge is -2.34. The van der Waals surface area contributed by atoms with Gasteiger partial charge in [0, 0.05) is 32.6 Å². The zero-order chi connectivity index (χ0) is 13.4. The van der Waals surface area contributed by atoms with E-state index in [1.165, 1.54) is 10.6 Å². The Balaban J connectivity index is 1.84. The first-order valence-corrected chi connectivity index (χ1v) is 8.68. The molecule has 0 bridgehead atoms. The molecule has 0 radical (unpaired) electrons. The predicted molar refractivity (Wildman–Crippen MR) is 73.1 cm³/mol. The van der Waals surface area contributed by atoms with E-state index < -0.39 is 10.0 Å². The van der Waals surface area contributed by atoms with E-state index in [4.69, 9.17) is 0 Å². The van der Waals surface area contributed by atoms with Crippen molar-refractivity contribution in [3.63, 3.8) is 0 Å². The number of nitrogens with zero attached hydrogens (tertiary/aromatic N) is 2. The Morgan fingerprint density at radius 3 is 2.17 bits per heavy atom. The monoisotopic (exact) mass is 292 g/mol. The van der Waals surface area contributed by atoms with Crippen LogP contribution in [-0.2, 0) is 14.8 Å². The summed E-state index contributed by atoms with van der Waals surface area (Å²) in [5, 5.41) is 0. The molecule has 0 aromatic heterocycles. The Hall–Kier alpha value is -0.270. The molecular weight excluding hydrogens is 272 g/mol. The number of rotatable bonds is 4. The van der Waals surface area contributed by atoms with Gasteiger partial charge >= 0.3 is 0 Å². The molecule has 0 unspecified atom stereocenters. The number of carbonyl (C=O) groups is 1. The molecule has 7 heteroatoms. The highest BCUT2D eigenvalue weighted by Crippen LogP contribution is 2.49. The van der Waals surface area contributed by atoms with Crippen molar-refractivity contribution >= 4 is 28.6 Å². The van der Waals surface area contributed by atoms with E-state index in [0.29, 0.717) is 32.6 Å². The molecule has 0 atom stereocenters. The third-order valence-electron chi connectivity index (χ3n) is 3.88. The number of hydrogen-bond acceptors (Lipinski definition) is 4. The van der Waals surface area contributed by atoms with Crippen molar-refractivity contribution in [3.05, 3.63) is 0 Å². The SMILES string of the molecule is CS(=O)(=O)N1CCN(C(=O)CC2(CS)CC2)CC1.